The molecule has 7 rings (SSSR count). The first kappa shape index (κ1) is 23.6. The van der Waals surface area contributed by atoms with Crippen molar-refractivity contribution in [2.45, 2.75) is 37.8 Å². The number of aryl methyl sites for hydroxylation is 1. The zero-order valence-electron chi connectivity index (χ0n) is 21.8. The van der Waals surface area contributed by atoms with Crippen LogP contribution in [0.25, 0.3) is 50.2 Å². The number of nitrogens with two attached hydrogens (primary N) is 1. The van der Waals surface area contributed by atoms with Crippen molar-refractivity contribution >= 4 is 16.7 Å². The first-order valence-corrected chi connectivity index (χ1v) is 13.1. The van der Waals surface area contributed by atoms with Crippen molar-refractivity contribution in [3.63, 3.8) is 0 Å². The Morgan fingerprint density at radius 1 is 0.872 bits per heavy atom. The molecule has 0 unspecified atom stereocenters. The van der Waals surface area contributed by atoms with Crippen molar-refractivity contribution in [1.82, 2.24) is 24.6 Å². The van der Waals surface area contributed by atoms with Crippen molar-refractivity contribution in [3.05, 3.63) is 103 Å². The second kappa shape index (κ2) is 8.53. The van der Waals surface area contributed by atoms with Gasteiger partial charge in [0.2, 0.25) is 0 Å². The smallest absolute Gasteiger partial charge is 0.165 e. The van der Waals surface area contributed by atoms with Gasteiger partial charge in [-0.25, -0.2) is 9.97 Å². The van der Waals surface area contributed by atoms with E-state index in [1.807, 2.05) is 73.4 Å². The van der Waals surface area contributed by atoms with E-state index in [2.05, 4.69) is 41.4 Å². The summed E-state index contributed by atoms with van der Waals surface area (Å²) in [6, 6.07) is 24.6. The quantitative estimate of drug-likeness (QED) is 0.315. The van der Waals surface area contributed by atoms with Crippen LogP contribution in [0.2, 0.25) is 0 Å². The van der Waals surface area contributed by atoms with Gasteiger partial charge >= 0.3 is 0 Å². The molecule has 7 nitrogen and oxygen atoms in total. The fraction of sp³-hybridized carbons (Fsp3) is 0.188. The van der Waals surface area contributed by atoms with Gasteiger partial charge in [0.25, 0.3) is 0 Å². The molecule has 4 heterocycles. The normalized spacial score (nSPS) is 20.8. The number of rotatable bonds is 4. The predicted octanol–water partition coefficient (Wildman–Crippen LogP) is 5.68. The van der Waals surface area contributed by atoms with Crippen LogP contribution < -0.4 is 5.73 Å². The van der Waals surface area contributed by atoms with Crippen molar-refractivity contribution < 1.29 is 5.11 Å². The summed E-state index contributed by atoms with van der Waals surface area (Å²) < 4.78 is 1.83. The Labute approximate surface area is 226 Å². The minimum atomic E-state index is -0.714. The summed E-state index contributed by atoms with van der Waals surface area (Å²) in [7, 11) is 0. The zero-order valence-corrected chi connectivity index (χ0v) is 21.8. The third kappa shape index (κ3) is 3.90. The topological polar surface area (TPSA) is 102 Å². The van der Waals surface area contributed by atoms with Gasteiger partial charge in [-0.2, -0.15) is 9.61 Å². The first-order valence-electron chi connectivity index (χ1n) is 13.1. The number of nitrogens with zero attached hydrogens (tertiary/aromatic N) is 5. The molecule has 1 fully saturated rings. The van der Waals surface area contributed by atoms with E-state index in [9.17, 15) is 5.11 Å². The first-order chi connectivity index (χ1) is 18.8. The Morgan fingerprint density at radius 2 is 1.56 bits per heavy atom. The lowest BCUT2D eigenvalue weighted by Crippen LogP contribution is -2.58. The van der Waals surface area contributed by atoms with Crippen LogP contribution in [-0.4, -0.2) is 35.3 Å². The summed E-state index contributed by atoms with van der Waals surface area (Å²) in [6.45, 7) is 3.80. The molecule has 2 aromatic carbocycles. The summed E-state index contributed by atoms with van der Waals surface area (Å²) in [5.74, 6) is 0. The van der Waals surface area contributed by atoms with Crippen molar-refractivity contribution in [2.24, 2.45) is 5.73 Å². The lowest BCUT2D eigenvalue weighted by atomic mass is 9.63. The van der Waals surface area contributed by atoms with E-state index >= 15 is 0 Å². The standard InChI is InChI=1S/C32H28N6O/c1-20-16-26-35-17-25-27(22-12-14-34-15-13-22)28(21-6-4-3-5-7-21)29(36-30(25)38(26)37-20)23-8-10-24(11-9-23)32(33)18-31(2,39)19-32/h3-17,39H,18-19,33H2,1-2H3/t31-,32+. The fourth-order valence-corrected chi connectivity index (χ4v) is 6.12. The van der Waals surface area contributed by atoms with E-state index in [0.29, 0.717) is 12.8 Å². The Balaban J connectivity index is 1.54. The summed E-state index contributed by atoms with van der Waals surface area (Å²) >= 11 is 0. The highest BCUT2D eigenvalue weighted by atomic mass is 16.3. The van der Waals surface area contributed by atoms with Crippen LogP contribution in [0.4, 0.5) is 0 Å². The van der Waals surface area contributed by atoms with Gasteiger partial charge in [0.1, 0.15) is 0 Å². The molecule has 4 aromatic heterocycles. The molecule has 1 aliphatic rings. The minimum Gasteiger partial charge on any atom is -0.390 e. The van der Waals surface area contributed by atoms with E-state index < -0.39 is 11.1 Å². The molecule has 0 radical (unpaired) electrons. The third-order valence-corrected chi connectivity index (χ3v) is 7.71. The fourth-order valence-electron chi connectivity index (χ4n) is 6.12. The predicted molar refractivity (Wildman–Crippen MR) is 153 cm³/mol. The van der Waals surface area contributed by atoms with Crippen LogP contribution in [-0.2, 0) is 5.54 Å². The average molecular weight is 513 g/mol. The van der Waals surface area contributed by atoms with Gasteiger partial charge in [-0.3, -0.25) is 4.98 Å². The maximum absolute atomic E-state index is 10.3. The number of hydrogen-bond donors (Lipinski definition) is 2. The molecule has 7 heteroatoms. The van der Waals surface area contributed by atoms with E-state index in [0.717, 1.165) is 61.4 Å². The summed E-state index contributed by atoms with van der Waals surface area (Å²) in [6.07, 6.45) is 6.60. The Morgan fingerprint density at radius 3 is 2.26 bits per heavy atom. The van der Waals surface area contributed by atoms with Gasteiger partial charge in [0, 0.05) is 52.3 Å². The third-order valence-electron chi connectivity index (χ3n) is 7.71. The van der Waals surface area contributed by atoms with E-state index in [1.54, 1.807) is 0 Å². The molecular weight excluding hydrogens is 484 g/mol. The Hall–Kier alpha value is -4.46. The maximum atomic E-state index is 10.3. The number of aromatic nitrogens is 5. The molecule has 0 atom stereocenters. The van der Waals surface area contributed by atoms with Crippen molar-refractivity contribution in [1.29, 1.82) is 0 Å². The van der Waals surface area contributed by atoms with E-state index in [-0.39, 0.29) is 0 Å². The highest BCUT2D eigenvalue weighted by Crippen LogP contribution is 2.47. The van der Waals surface area contributed by atoms with Crippen LogP contribution in [0.1, 0.15) is 31.0 Å². The van der Waals surface area contributed by atoms with Crippen LogP contribution in [0, 0.1) is 6.92 Å². The number of hydrogen-bond acceptors (Lipinski definition) is 6. The molecule has 39 heavy (non-hydrogen) atoms. The number of pyridine rings is 2. The van der Waals surface area contributed by atoms with E-state index in [1.165, 1.54) is 0 Å². The van der Waals surface area contributed by atoms with Crippen molar-refractivity contribution in [3.8, 4) is 33.5 Å². The summed E-state index contributed by atoms with van der Waals surface area (Å²) in [5.41, 5.74) is 14.7. The second-order valence-corrected chi connectivity index (χ2v) is 10.9. The van der Waals surface area contributed by atoms with Gasteiger partial charge in [-0.05, 0) is 55.5 Å². The molecule has 192 valence electrons. The lowest BCUT2D eigenvalue weighted by molar-refractivity contribution is -0.0738. The molecule has 0 aliphatic heterocycles. The van der Waals surface area contributed by atoms with E-state index in [4.69, 9.17) is 20.8 Å². The number of benzene rings is 2. The lowest BCUT2D eigenvalue weighted by Gasteiger charge is -2.49. The molecule has 1 aliphatic carbocycles. The van der Waals surface area contributed by atoms with Crippen LogP contribution in [0.15, 0.2) is 91.4 Å². The monoisotopic (exact) mass is 512 g/mol. The van der Waals surface area contributed by atoms with Crippen LogP contribution in [0.5, 0.6) is 0 Å². The summed E-state index contributed by atoms with van der Waals surface area (Å²) in [4.78, 5) is 14.3. The Bertz CT molecular complexity index is 1840. The molecule has 0 spiro atoms. The van der Waals surface area contributed by atoms with Crippen LogP contribution >= 0.6 is 0 Å². The highest BCUT2D eigenvalue weighted by Gasteiger charge is 2.49. The number of fused-ring (bicyclic) bond motifs is 3. The molecule has 0 bridgehead atoms. The highest BCUT2D eigenvalue weighted by molar-refractivity contribution is 6.06. The molecule has 1 saturated carbocycles. The Kier molecular flexibility index (Phi) is 5.17. The molecule has 0 saturated heterocycles. The van der Waals surface area contributed by atoms with Gasteiger partial charge in [-0.1, -0.05) is 54.6 Å². The van der Waals surface area contributed by atoms with Crippen LogP contribution in [0.3, 0.4) is 0 Å². The van der Waals surface area contributed by atoms with Gasteiger partial charge in [0.05, 0.1) is 17.0 Å². The minimum absolute atomic E-state index is 0.520. The molecule has 6 aromatic rings. The molecule has 3 N–H and O–H groups in total. The van der Waals surface area contributed by atoms with Crippen molar-refractivity contribution in [2.75, 3.05) is 0 Å². The molecular formula is C32H28N6O. The largest absolute Gasteiger partial charge is 0.390 e. The zero-order chi connectivity index (χ0) is 26.8. The molecule has 0 amide bonds. The summed E-state index contributed by atoms with van der Waals surface area (Å²) in [5, 5.41) is 16.0. The average Bonchev–Trinajstić information content (AvgIpc) is 3.32. The number of aliphatic hydroxyl groups is 1. The SMILES string of the molecule is Cc1cc2ncc3c(-c4ccncc4)c(-c4ccccc4)c(-c4ccc([C@]5(N)C[C@@](C)(O)C5)cc4)nc3n2n1. The van der Waals surface area contributed by atoms with Gasteiger partial charge in [-0.15, -0.1) is 0 Å². The van der Waals surface area contributed by atoms with Gasteiger partial charge in [0.15, 0.2) is 11.3 Å². The van der Waals surface area contributed by atoms with Gasteiger partial charge < -0.3 is 10.8 Å². The maximum Gasteiger partial charge on any atom is 0.165 e. The second-order valence-electron chi connectivity index (χ2n) is 10.9.